The molecule has 0 bridgehead atoms. The van der Waals surface area contributed by atoms with Crippen LogP contribution in [-0.4, -0.2) is 45.1 Å². The fourth-order valence-corrected chi connectivity index (χ4v) is 5.35. The number of pyridine rings is 1. The van der Waals surface area contributed by atoms with E-state index >= 15 is 0 Å². The van der Waals surface area contributed by atoms with E-state index in [0.29, 0.717) is 24.8 Å². The number of aromatic nitrogens is 3. The molecule has 1 aliphatic carbocycles. The number of fused-ring (bicyclic) bond motifs is 1. The maximum atomic E-state index is 13.1. The molecule has 0 radical (unpaired) electrons. The Balaban J connectivity index is 1.25. The first-order chi connectivity index (χ1) is 15.8. The van der Waals surface area contributed by atoms with Crippen LogP contribution in [0.1, 0.15) is 68.5 Å². The number of aromatic amines is 1. The third-order valence-corrected chi connectivity index (χ3v) is 7.12. The third-order valence-electron chi connectivity index (χ3n) is 7.12. The van der Waals surface area contributed by atoms with Crippen molar-refractivity contribution in [1.82, 2.24) is 20.1 Å². The molecule has 2 fully saturated rings. The number of aryl methyl sites for hydroxylation is 1. The third kappa shape index (κ3) is 4.64. The average molecular weight is 432 g/mol. The predicted molar refractivity (Wildman–Crippen MR) is 128 cm³/mol. The van der Waals surface area contributed by atoms with Gasteiger partial charge in [-0.05, 0) is 37.3 Å². The smallest absolute Gasteiger partial charge is 0.222 e. The molecule has 168 valence electrons. The normalized spacial score (nSPS) is 19.9. The Labute approximate surface area is 189 Å². The van der Waals surface area contributed by atoms with E-state index in [1.165, 1.54) is 37.7 Å². The van der Waals surface area contributed by atoms with Crippen LogP contribution < -0.4 is 5.32 Å². The number of nitrogens with zero attached hydrogens (tertiary/aromatic N) is 3. The van der Waals surface area contributed by atoms with Crippen LogP contribution >= 0.6 is 0 Å². The van der Waals surface area contributed by atoms with Gasteiger partial charge in [0.25, 0.3) is 0 Å². The monoisotopic (exact) mass is 431 g/mol. The van der Waals surface area contributed by atoms with Crippen LogP contribution in [0.5, 0.6) is 0 Å². The van der Waals surface area contributed by atoms with Gasteiger partial charge in [0.15, 0.2) is 0 Å². The molecule has 1 amide bonds. The SMILES string of the molecule is O=C(CCc1n[nH]c2ccnc(NC3CCCCC3)c12)N1CCCC(c2ccccc2)C1. The van der Waals surface area contributed by atoms with E-state index in [4.69, 9.17) is 0 Å². The molecule has 3 heterocycles. The maximum absolute atomic E-state index is 13.1. The number of anilines is 1. The van der Waals surface area contributed by atoms with Gasteiger partial charge in [0, 0.05) is 44.1 Å². The summed E-state index contributed by atoms with van der Waals surface area (Å²) in [6.07, 6.45) is 11.4. The van der Waals surface area contributed by atoms with Crippen LogP contribution in [0.4, 0.5) is 5.82 Å². The van der Waals surface area contributed by atoms with Crippen molar-refractivity contribution in [3.8, 4) is 0 Å². The Bertz CT molecular complexity index is 1040. The van der Waals surface area contributed by atoms with Gasteiger partial charge in [0.2, 0.25) is 5.91 Å². The number of rotatable bonds is 6. The summed E-state index contributed by atoms with van der Waals surface area (Å²) in [5.41, 5.74) is 3.27. The number of nitrogens with one attached hydrogen (secondary N) is 2. The summed E-state index contributed by atoms with van der Waals surface area (Å²) < 4.78 is 0. The van der Waals surface area contributed by atoms with Crippen LogP contribution in [0.3, 0.4) is 0 Å². The fourth-order valence-electron chi connectivity index (χ4n) is 5.35. The number of hydrogen-bond donors (Lipinski definition) is 2. The van der Waals surface area contributed by atoms with Gasteiger partial charge >= 0.3 is 0 Å². The molecular formula is C26H33N5O. The highest BCUT2D eigenvalue weighted by Crippen LogP contribution is 2.29. The van der Waals surface area contributed by atoms with Crippen LogP contribution in [0.2, 0.25) is 0 Å². The van der Waals surface area contributed by atoms with Crippen molar-refractivity contribution in [2.75, 3.05) is 18.4 Å². The molecule has 3 aromatic rings. The molecule has 1 aliphatic heterocycles. The van der Waals surface area contributed by atoms with Gasteiger partial charge in [0.1, 0.15) is 5.82 Å². The molecule has 32 heavy (non-hydrogen) atoms. The number of carbonyl (C=O) groups excluding carboxylic acids is 1. The maximum Gasteiger partial charge on any atom is 0.222 e. The van der Waals surface area contributed by atoms with Crippen molar-refractivity contribution in [2.24, 2.45) is 0 Å². The number of benzene rings is 1. The Hall–Kier alpha value is -2.89. The summed E-state index contributed by atoms with van der Waals surface area (Å²) in [5, 5.41) is 12.4. The van der Waals surface area contributed by atoms with Crippen molar-refractivity contribution in [3.05, 3.63) is 53.9 Å². The van der Waals surface area contributed by atoms with Crippen LogP contribution in [0.15, 0.2) is 42.6 Å². The second kappa shape index (κ2) is 9.72. The highest BCUT2D eigenvalue weighted by Gasteiger charge is 2.25. The molecular weight excluding hydrogens is 398 g/mol. The quantitative estimate of drug-likeness (QED) is 0.573. The predicted octanol–water partition coefficient (Wildman–Crippen LogP) is 5.04. The van der Waals surface area contributed by atoms with Crippen LogP contribution in [0, 0.1) is 0 Å². The van der Waals surface area contributed by atoms with E-state index in [1.807, 2.05) is 12.3 Å². The Morgan fingerprint density at radius 3 is 2.75 bits per heavy atom. The molecule has 5 rings (SSSR count). The lowest BCUT2D eigenvalue weighted by Gasteiger charge is -2.33. The van der Waals surface area contributed by atoms with Crippen LogP contribution in [0.25, 0.3) is 10.9 Å². The molecule has 1 aromatic carbocycles. The number of piperidine rings is 1. The van der Waals surface area contributed by atoms with Gasteiger partial charge in [-0.25, -0.2) is 4.98 Å². The molecule has 0 spiro atoms. The minimum Gasteiger partial charge on any atom is -0.367 e. The zero-order chi connectivity index (χ0) is 21.8. The first-order valence-electron chi connectivity index (χ1n) is 12.2. The van der Waals surface area contributed by atoms with E-state index in [9.17, 15) is 4.79 Å². The Morgan fingerprint density at radius 2 is 1.91 bits per heavy atom. The number of H-pyrrole nitrogens is 1. The van der Waals surface area contributed by atoms with Gasteiger partial charge in [-0.1, -0.05) is 49.6 Å². The van der Waals surface area contributed by atoms with Crippen molar-refractivity contribution in [3.63, 3.8) is 0 Å². The van der Waals surface area contributed by atoms with E-state index in [2.05, 4.69) is 55.7 Å². The highest BCUT2D eigenvalue weighted by atomic mass is 16.2. The second-order valence-electron chi connectivity index (χ2n) is 9.32. The number of likely N-dealkylation sites (tertiary alicyclic amines) is 1. The number of carbonyl (C=O) groups is 1. The van der Waals surface area contributed by atoms with Gasteiger partial charge in [0.05, 0.1) is 16.6 Å². The number of hydrogen-bond acceptors (Lipinski definition) is 4. The lowest BCUT2D eigenvalue weighted by molar-refractivity contribution is -0.132. The standard InChI is InChI=1S/C26H33N5O/c32-24(31-17-7-10-20(18-31)19-8-3-1-4-9-19)14-13-22-25-23(30-29-22)15-16-27-26(25)28-21-11-5-2-6-12-21/h1,3-4,8-9,15-16,20-21H,2,5-7,10-14,17-18H2,(H,27,28)(H,29,30). The first-order valence-corrected chi connectivity index (χ1v) is 12.2. The molecule has 6 nitrogen and oxygen atoms in total. The molecule has 2 aromatic heterocycles. The zero-order valence-corrected chi connectivity index (χ0v) is 18.7. The first kappa shape index (κ1) is 21.0. The molecule has 1 saturated heterocycles. The van der Waals surface area contributed by atoms with Gasteiger partial charge in [-0.15, -0.1) is 0 Å². The second-order valence-corrected chi connectivity index (χ2v) is 9.32. The van der Waals surface area contributed by atoms with Crippen LogP contribution in [-0.2, 0) is 11.2 Å². The molecule has 1 atom stereocenters. The van der Waals surface area contributed by atoms with Gasteiger partial charge in [-0.3, -0.25) is 9.89 Å². The molecule has 2 N–H and O–H groups in total. The van der Waals surface area contributed by atoms with Gasteiger partial charge < -0.3 is 10.2 Å². The zero-order valence-electron chi connectivity index (χ0n) is 18.7. The number of amides is 1. The lowest BCUT2D eigenvalue weighted by atomic mass is 9.90. The highest BCUT2D eigenvalue weighted by molar-refractivity contribution is 5.92. The van der Waals surface area contributed by atoms with Gasteiger partial charge in [-0.2, -0.15) is 5.10 Å². The van der Waals surface area contributed by atoms with E-state index < -0.39 is 0 Å². The summed E-state index contributed by atoms with van der Waals surface area (Å²) in [5.74, 6) is 1.58. The van der Waals surface area contributed by atoms with E-state index in [0.717, 1.165) is 48.3 Å². The Kier molecular flexibility index (Phi) is 6.37. The summed E-state index contributed by atoms with van der Waals surface area (Å²) in [6, 6.07) is 13.0. The Morgan fingerprint density at radius 1 is 1.06 bits per heavy atom. The van der Waals surface area contributed by atoms with Crippen molar-refractivity contribution in [1.29, 1.82) is 0 Å². The summed E-state index contributed by atoms with van der Waals surface area (Å²) in [4.78, 5) is 19.7. The summed E-state index contributed by atoms with van der Waals surface area (Å²) in [6.45, 7) is 1.68. The minimum atomic E-state index is 0.229. The lowest BCUT2D eigenvalue weighted by Crippen LogP contribution is -2.39. The summed E-state index contributed by atoms with van der Waals surface area (Å²) in [7, 11) is 0. The topological polar surface area (TPSA) is 73.9 Å². The van der Waals surface area contributed by atoms with Crippen molar-refractivity contribution in [2.45, 2.75) is 69.7 Å². The molecule has 2 aliphatic rings. The largest absolute Gasteiger partial charge is 0.367 e. The van der Waals surface area contributed by atoms with E-state index in [-0.39, 0.29) is 5.91 Å². The molecule has 6 heteroatoms. The average Bonchev–Trinajstić information content (AvgIpc) is 3.28. The van der Waals surface area contributed by atoms with Crippen molar-refractivity contribution < 1.29 is 4.79 Å². The fraction of sp³-hybridized carbons (Fsp3) is 0.500. The minimum absolute atomic E-state index is 0.229. The van der Waals surface area contributed by atoms with Crippen molar-refractivity contribution >= 4 is 22.6 Å². The van der Waals surface area contributed by atoms with E-state index in [1.54, 1.807) is 0 Å². The molecule has 1 saturated carbocycles. The summed E-state index contributed by atoms with van der Waals surface area (Å²) >= 11 is 0. The molecule has 1 unspecified atom stereocenters.